The lowest BCUT2D eigenvalue weighted by molar-refractivity contribution is 0.0697. The number of rotatable bonds is 2. The Morgan fingerprint density at radius 2 is 2.12 bits per heavy atom. The highest BCUT2D eigenvalue weighted by Crippen LogP contribution is 2.19. The van der Waals surface area contributed by atoms with Gasteiger partial charge in [-0.15, -0.1) is 0 Å². The minimum absolute atomic E-state index is 0.0348. The van der Waals surface area contributed by atoms with Gasteiger partial charge in [0.15, 0.2) is 0 Å². The minimum atomic E-state index is -1.13. The Morgan fingerprint density at radius 3 is 2.59 bits per heavy atom. The molecule has 7 nitrogen and oxygen atoms in total. The Morgan fingerprint density at radius 1 is 1.41 bits per heavy atom. The first-order valence-electron chi connectivity index (χ1n) is 4.53. The fraction of sp³-hybridized carbons (Fsp3) is 0.111. The number of hydrogen-bond donors (Lipinski definition) is 1. The van der Waals surface area contributed by atoms with Gasteiger partial charge >= 0.3 is 11.7 Å². The van der Waals surface area contributed by atoms with E-state index in [2.05, 4.69) is 10.4 Å². The van der Waals surface area contributed by atoms with Crippen molar-refractivity contribution in [1.82, 2.24) is 19.8 Å². The molecule has 0 radical (unpaired) electrons. The van der Waals surface area contributed by atoms with E-state index in [4.69, 9.17) is 16.7 Å². The summed E-state index contributed by atoms with van der Waals surface area (Å²) in [5, 5.41) is 16.0. The highest BCUT2D eigenvalue weighted by molar-refractivity contribution is 6.33. The van der Waals surface area contributed by atoms with Crippen molar-refractivity contribution in [3.8, 4) is 5.69 Å². The van der Waals surface area contributed by atoms with Crippen LogP contribution in [0.1, 0.15) is 10.4 Å². The molecule has 2 aromatic rings. The van der Waals surface area contributed by atoms with Crippen LogP contribution in [0.2, 0.25) is 5.02 Å². The number of aromatic nitrogens is 4. The molecule has 2 rings (SSSR count). The second kappa shape index (κ2) is 4.02. The first-order chi connectivity index (χ1) is 8.00. The van der Waals surface area contributed by atoms with Crippen LogP contribution in [0.3, 0.4) is 0 Å². The summed E-state index contributed by atoms with van der Waals surface area (Å²) in [6.07, 6.45) is 0. The zero-order chi connectivity index (χ0) is 12.6. The molecule has 8 heteroatoms. The van der Waals surface area contributed by atoms with Gasteiger partial charge in [-0.2, -0.15) is 9.36 Å². The molecule has 0 unspecified atom stereocenters. The average molecular weight is 255 g/mol. The minimum Gasteiger partial charge on any atom is -0.478 e. The van der Waals surface area contributed by atoms with E-state index in [0.717, 1.165) is 9.36 Å². The summed E-state index contributed by atoms with van der Waals surface area (Å²) in [5.74, 6) is -1.13. The van der Waals surface area contributed by atoms with Crippen molar-refractivity contribution in [2.24, 2.45) is 7.05 Å². The normalized spacial score (nSPS) is 10.5. The molecule has 0 aliphatic heterocycles. The van der Waals surface area contributed by atoms with Crippen molar-refractivity contribution >= 4 is 17.6 Å². The van der Waals surface area contributed by atoms with Crippen molar-refractivity contribution in [1.29, 1.82) is 0 Å². The van der Waals surface area contributed by atoms with Gasteiger partial charge in [0.1, 0.15) is 0 Å². The van der Waals surface area contributed by atoms with Gasteiger partial charge < -0.3 is 5.11 Å². The topological polar surface area (TPSA) is 90.0 Å². The molecule has 88 valence electrons. The van der Waals surface area contributed by atoms with E-state index in [1.54, 1.807) is 0 Å². The smallest absolute Gasteiger partial charge is 0.368 e. The van der Waals surface area contributed by atoms with Crippen LogP contribution >= 0.6 is 11.6 Å². The van der Waals surface area contributed by atoms with Crippen LogP contribution in [0.5, 0.6) is 0 Å². The largest absolute Gasteiger partial charge is 0.478 e. The molecule has 1 N–H and O–H groups in total. The summed E-state index contributed by atoms with van der Waals surface area (Å²) < 4.78 is 2.08. The van der Waals surface area contributed by atoms with Gasteiger partial charge in [-0.25, -0.2) is 9.59 Å². The summed E-state index contributed by atoms with van der Waals surface area (Å²) in [7, 11) is 1.46. The molecule has 0 saturated heterocycles. The quantitative estimate of drug-likeness (QED) is 0.833. The molecule has 0 aliphatic rings. The fourth-order valence-corrected chi connectivity index (χ4v) is 1.54. The first kappa shape index (κ1) is 11.3. The van der Waals surface area contributed by atoms with Crippen molar-refractivity contribution in [2.45, 2.75) is 0 Å². The third-order valence-electron chi connectivity index (χ3n) is 2.15. The molecule has 0 saturated carbocycles. The molecular weight excluding hydrogens is 248 g/mol. The number of carboxylic acid groups (broad SMARTS) is 1. The van der Waals surface area contributed by atoms with Crippen LogP contribution < -0.4 is 5.69 Å². The zero-order valence-corrected chi connectivity index (χ0v) is 9.42. The van der Waals surface area contributed by atoms with E-state index >= 15 is 0 Å². The van der Waals surface area contributed by atoms with E-state index in [1.165, 1.54) is 25.2 Å². The highest BCUT2D eigenvalue weighted by atomic mass is 35.5. The van der Waals surface area contributed by atoms with E-state index in [9.17, 15) is 9.59 Å². The molecule has 17 heavy (non-hydrogen) atoms. The number of hydrogen-bond acceptors (Lipinski definition) is 4. The number of nitrogens with zero attached hydrogens (tertiary/aromatic N) is 4. The van der Waals surface area contributed by atoms with Gasteiger partial charge in [-0.1, -0.05) is 11.6 Å². The standard InChI is InChI=1S/C9H7ClN4O3/c1-13-9(17)14(12-11-13)5-2-3-6(8(15)16)7(10)4-5/h2-4H,1H3,(H,15,16). The van der Waals surface area contributed by atoms with Crippen LogP contribution in [0.15, 0.2) is 23.0 Å². The van der Waals surface area contributed by atoms with Crippen LogP contribution in [0.25, 0.3) is 5.69 Å². The average Bonchev–Trinajstić information content (AvgIpc) is 2.59. The van der Waals surface area contributed by atoms with Gasteiger partial charge in [0.05, 0.1) is 16.3 Å². The second-order valence-corrected chi connectivity index (χ2v) is 3.67. The number of carboxylic acids is 1. The van der Waals surface area contributed by atoms with Crippen molar-refractivity contribution in [3.05, 3.63) is 39.3 Å². The number of tetrazole rings is 1. The Labute approximate surface area is 99.8 Å². The van der Waals surface area contributed by atoms with Gasteiger partial charge in [-0.3, -0.25) is 0 Å². The molecular formula is C9H7ClN4O3. The second-order valence-electron chi connectivity index (χ2n) is 3.27. The van der Waals surface area contributed by atoms with E-state index in [1.807, 2.05) is 0 Å². The van der Waals surface area contributed by atoms with Crippen molar-refractivity contribution < 1.29 is 9.90 Å². The molecule has 1 aromatic carbocycles. The van der Waals surface area contributed by atoms with Crippen molar-refractivity contribution in [3.63, 3.8) is 0 Å². The van der Waals surface area contributed by atoms with E-state index in [-0.39, 0.29) is 10.6 Å². The maximum atomic E-state index is 11.5. The van der Waals surface area contributed by atoms with Gasteiger partial charge in [0.2, 0.25) is 0 Å². The Kier molecular flexibility index (Phi) is 2.68. The van der Waals surface area contributed by atoms with Crippen LogP contribution in [-0.4, -0.2) is 30.9 Å². The number of carbonyl (C=O) groups is 1. The lowest BCUT2D eigenvalue weighted by Crippen LogP contribution is -2.21. The molecule has 0 amide bonds. The summed E-state index contributed by atoms with van der Waals surface area (Å²) in [6.45, 7) is 0. The maximum Gasteiger partial charge on any atom is 0.368 e. The number of halogens is 1. The molecule has 0 spiro atoms. The lowest BCUT2D eigenvalue weighted by Gasteiger charge is -2.02. The van der Waals surface area contributed by atoms with Gasteiger partial charge in [0, 0.05) is 7.05 Å². The number of benzene rings is 1. The van der Waals surface area contributed by atoms with Crippen LogP contribution in [0.4, 0.5) is 0 Å². The summed E-state index contributed by atoms with van der Waals surface area (Å²) in [5.41, 5.74) is -0.116. The Hall–Kier alpha value is -2.15. The molecule has 0 aliphatic carbocycles. The summed E-state index contributed by atoms with van der Waals surface area (Å²) >= 11 is 5.78. The fourth-order valence-electron chi connectivity index (χ4n) is 1.28. The summed E-state index contributed by atoms with van der Waals surface area (Å²) in [6, 6.07) is 4.09. The Balaban J connectivity index is 2.56. The lowest BCUT2D eigenvalue weighted by atomic mass is 10.2. The van der Waals surface area contributed by atoms with E-state index in [0.29, 0.717) is 5.69 Å². The molecule has 0 atom stereocenters. The van der Waals surface area contributed by atoms with Gasteiger partial charge in [-0.05, 0) is 28.6 Å². The van der Waals surface area contributed by atoms with Gasteiger partial charge in [0.25, 0.3) is 0 Å². The third-order valence-corrected chi connectivity index (χ3v) is 2.46. The molecule has 1 aromatic heterocycles. The SMILES string of the molecule is Cn1nnn(-c2ccc(C(=O)O)c(Cl)c2)c1=O. The molecule has 1 heterocycles. The monoisotopic (exact) mass is 254 g/mol. The van der Waals surface area contributed by atoms with Crippen LogP contribution in [-0.2, 0) is 7.05 Å². The first-order valence-corrected chi connectivity index (χ1v) is 4.90. The Bertz CT molecular complexity index is 646. The number of aryl methyl sites for hydroxylation is 1. The number of aromatic carboxylic acids is 1. The third kappa shape index (κ3) is 1.92. The van der Waals surface area contributed by atoms with Crippen molar-refractivity contribution in [2.75, 3.05) is 0 Å². The van der Waals surface area contributed by atoms with E-state index < -0.39 is 11.7 Å². The molecule has 0 bridgehead atoms. The summed E-state index contributed by atoms with van der Waals surface area (Å²) in [4.78, 5) is 22.3. The van der Waals surface area contributed by atoms with Crippen LogP contribution in [0, 0.1) is 0 Å². The predicted octanol–water partition coefficient (Wildman–Crippen LogP) is 0.318. The zero-order valence-electron chi connectivity index (χ0n) is 8.66. The predicted molar refractivity (Wildman–Crippen MR) is 58.6 cm³/mol. The highest BCUT2D eigenvalue weighted by Gasteiger charge is 2.12. The maximum absolute atomic E-state index is 11.5. The molecule has 0 fully saturated rings.